The van der Waals surface area contributed by atoms with Crippen molar-refractivity contribution in [1.29, 1.82) is 0 Å². The van der Waals surface area contributed by atoms with E-state index in [9.17, 15) is 4.79 Å². The smallest absolute Gasteiger partial charge is 0.335 e. The van der Waals surface area contributed by atoms with E-state index in [-0.39, 0.29) is 6.10 Å². The van der Waals surface area contributed by atoms with E-state index in [1.165, 1.54) is 0 Å². The Morgan fingerprint density at radius 3 is 2.39 bits per heavy atom. The van der Waals surface area contributed by atoms with E-state index in [2.05, 4.69) is 19.2 Å². The van der Waals surface area contributed by atoms with Crippen LogP contribution < -0.4 is 5.32 Å². The van der Waals surface area contributed by atoms with E-state index < -0.39 is 5.97 Å². The van der Waals surface area contributed by atoms with Crippen molar-refractivity contribution in [3.8, 4) is 0 Å². The van der Waals surface area contributed by atoms with Crippen LogP contribution in [-0.2, 0) is 11.3 Å². The fraction of sp³-hybridized carbons (Fsp3) is 0.500. The summed E-state index contributed by atoms with van der Waals surface area (Å²) in [5.41, 5.74) is 1.38. The van der Waals surface area contributed by atoms with Gasteiger partial charge in [0, 0.05) is 20.2 Å². The molecular weight excluding hydrogens is 230 g/mol. The minimum Gasteiger partial charge on any atom is -0.478 e. The highest BCUT2D eigenvalue weighted by molar-refractivity contribution is 5.87. The van der Waals surface area contributed by atoms with E-state index >= 15 is 0 Å². The first-order valence-electron chi connectivity index (χ1n) is 6.10. The molecule has 0 aliphatic heterocycles. The van der Waals surface area contributed by atoms with Crippen molar-refractivity contribution in [2.24, 2.45) is 5.92 Å². The van der Waals surface area contributed by atoms with Crippen LogP contribution in [0.25, 0.3) is 0 Å². The summed E-state index contributed by atoms with van der Waals surface area (Å²) in [7, 11) is 1.72. The first-order chi connectivity index (χ1) is 8.54. The number of ether oxygens (including phenoxy) is 1. The van der Waals surface area contributed by atoms with Crippen molar-refractivity contribution in [3.63, 3.8) is 0 Å². The summed E-state index contributed by atoms with van der Waals surface area (Å²) in [5, 5.41) is 12.1. The van der Waals surface area contributed by atoms with Crippen LogP contribution in [0, 0.1) is 5.92 Å². The number of benzene rings is 1. The lowest BCUT2D eigenvalue weighted by Crippen LogP contribution is -2.31. The van der Waals surface area contributed by atoms with Crippen molar-refractivity contribution in [1.82, 2.24) is 5.32 Å². The average molecular weight is 251 g/mol. The normalized spacial score (nSPS) is 12.7. The maximum Gasteiger partial charge on any atom is 0.335 e. The molecule has 0 amide bonds. The molecule has 18 heavy (non-hydrogen) atoms. The van der Waals surface area contributed by atoms with Crippen molar-refractivity contribution in [2.45, 2.75) is 26.5 Å². The van der Waals surface area contributed by atoms with Crippen molar-refractivity contribution in [2.75, 3.05) is 13.7 Å². The monoisotopic (exact) mass is 251 g/mol. The summed E-state index contributed by atoms with van der Waals surface area (Å²) >= 11 is 0. The second-order valence-corrected chi connectivity index (χ2v) is 4.65. The fourth-order valence-corrected chi connectivity index (χ4v) is 1.72. The number of carboxylic acids is 1. The third kappa shape index (κ3) is 4.47. The molecule has 0 saturated carbocycles. The molecule has 2 N–H and O–H groups in total. The van der Waals surface area contributed by atoms with Crippen LogP contribution in [0.4, 0.5) is 0 Å². The molecule has 1 atom stereocenters. The largest absolute Gasteiger partial charge is 0.478 e. The van der Waals surface area contributed by atoms with Gasteiger partial charge in [0.25, 0.3) is 0 Å². The summed E-state index contributed by atoms with van der Waals surface area (Å²) in [5.74, 6) is -0.425. The first-order valence-corrected chi connectivity index (χ1v) is 6.10. The summed E-state index contributed by atoms with van der Waals surface area (Å²) < 4.78 is 5.36. The summed E-state index contributed by atoms with van der Waals surface area (Å²) in [4.78, 5) is 10.7. The first kappa shape index (κ1) is 14.7. The molecule has 1 rings (SSSR count). The van der Waals surface area contributed by atoms with Gasteiger partial charge in [-0.3, -0.25) is 0 Å². The lowest BCUT2D eigenvalue weighted by atomic mass is 10.1. The third-order valence-corrected chi connectivity index (χ3v) is 2.92. The predicted molar refractivity (Wildman–Crippen MR) is 70.7 cm³/mol. The van der Waals surface area contributed by atoms with E-state index in [0.29, 0.717) is 18.0 Å². The van der Waals surface area contributed by atoms with Gasteiger partial charge < -0.3 is 15.2 Å². The average Bonchev–Trinajstić information content (AvgIpc) is 2.34. The number of nitrogens with one attached hydrogen (secondary N) is 1. The number of carbonyl (C=O) groups is 1. The van der Waals surface area contributed by atoms with Crippen LogP contribution in [0.1, 0.15) is 29.8 Å². The van der Waals surface area contributed by atoms with Gasteiger partial charge in [0.05, 0.1) is 11.7 Å². The standard InChI is InChI=1S/C14H21NO3/c1-10(2)13(18-3)9-15-8-11-4-6-12(7-5-11)14(16)17/h4-7,10,13,15H,8-9H2,1-3H3,(H,16,17). The van der Waals surface area contributed by atoms with Crippen molar-refractivity contribution < 1.29 is 14.6 Å². The van der Waals surface area contributed by atoms with Crippen molar-refractivity contribution >= 4 is 5.97 Å². The molecule has 1 unspecified atom stereocenters. The Labute approximate surface area is 108 Å². The highest BCUT2D eigenvalue weighted by Gasteiger charge is 2.11. The molecule has 1 aromatic carbocycles. The van der Waals surface area contributed by atoms with E-state index in [4.69, 9.17) is 9.84 Å². The molecule has 1 aromatic rings. The Morgan fingerprint density at radius 2 is 1.94 bits per heavy atom. The zero-order chi connectivity index (χ0) is 13.5. The van der Waals surface area contributed by atoms with Crippen LogP contribution in [0.5, 0.6) is 0 Å². The molecule has 0 aliphatic rings. The summed E-state index contributed by atoms with van der Waals surface area (Å²) in [6, 6.07) is 6.90. The minimum atomic E-state index is -0.895. The quantitative estimate of drug-likeness (QED) is 0.779. The third-order valence-electron chi connectivity index (χ3n) is 2.92. The van der Waals surface area contributed by atoms with Gasteiger partial charge in [-0.25, -0.2) is 4.79 Å². The fourth-order valence-electron chi connectivity index (χ4n) is 1.72. The van der Waals surface area contributed by atoms with Gasteiger partial charge in [0.15, 0.2) is 0 Å². The highest BCUT2D eigenvalue weighted by atomic mass is 16.5. The SMILES string of the molecule is COC(CNCc1ccc(C(=O)O)cc1)C(C)C. The second kappa shape index (κ2) is 7.13. The van der Waals surface area contributed by atoms with Crippen LogP contribution in [0.3, 0.4) is 0 Å². The zero-order valence-electron chi connectivity index (χ0n) is 11.1. The molecule has 4 nitrogen and oxygen atoms in total. The molecule has 0 saturated heterocycles. The molecule has 0 bridgehead atoms. The molecule has 0 heterocycles. The van der Waals surface area contributed by atoms with Crippen LogP contribution >= 0.6 is 0 Å². The van der Waals surface area contributed by atoms with Crippen molar-refractivity contribution in [3.05, 3.63) is 35.4 Å². The van der Waals surface area contributed by atoms with Gasteiger partial charge >= 0.3 is 5.97 Å². The highest BCUT2D eigenvalue weighted by Crippen LogP contribution is 2.06. The lowest BCUT2D eigenvalue weighted by Gasteiger charge is -2.19. The van der Waals surface area contributed by atoms with Gasteiger partial charge in [-0.15, -0.1) is 0 Å². The van der Waals surface area contributed by atoms with Gasteiger partial charge in [-0.05, 0) is 23.6 Å². The van der Waals surface area contributed by atoms with Gasteiger partial charge in [-0.1, -0.05) is 26.0 Å². The number of hydrogen-bond donors (Lipinski definition) is 2. The predicted octanol–water partition coefficient (Wildman–Crippen LogP) is 2.15. The number of aromatic carboxylic acids is 1. The van der Waals surface area contributed by atoms with E-state index in [1.54, 1.807) is 19.2 Å². The van der Waals surface area contributed by atoms with Gasteiger partial charge in [-0.2, -0.15) is 0 Å². The Balaban J connectivity index is 2.42. The Kier molecular flexibility index (Phi) is 5.82. The number of carboxylic acid groups (broad SMARTS) is 1. The molecule has 0 radical (unpaired) electrons. The summed E-state index contributed by atoms with van der Waals surface area (Å²) in [6.07, 6.45) is 0.197. The van der Waals surface area contributed by atoms with E-state index in [0.717, 1.165) is 12.1 Å². The topological polar surface area (TPSA) is 58.6 Å². The molecule has 4 heteroatoms. The maximum atomic E-state index is 10.7. The van der Waals surface area contributed by atoms with Crippen LogP contribution in [0.2, 0.25) is 0 Å². The Morgan fingerprint density at radius 1 is 1.33 bits per heavy atom. The number of hydrogen-bond acceptors (Lipinski definition) is 3. The molecule has 0 spiro atoms. The molecule has 0 fully saturated rings. The Hall–Kier alpha value is -1.39. The molecular formula is C14H21NO3. The Bertz CT molecular complexity index is 373. The molecule has 100 valence electrons. The van der Waals surface area contributed by atoms with Crippen LogP contribution in [-0.4, -0.2) is 30.8 Å². The van der Waals surface area contributed by atoms with E-state index in [1.807, 2.05) is 12.1 Å². The van der Waals surface area contributed by atoms with Crippen LogP contribution in [0.15, 0.2) is 24.3 Å². The lowest BCUT2D eigenvalue weighted by molar-refractivity contribution is 0.0646. The number of rotatable bonds is 7. The number of methoxy groups -OCH3 is 1. The van der Waals surface area contributed by atoms with Gasteiger partial charge in [0.2, 0.25) is 0 Å². The second-order valence-electron chi connectivity index (χ2n) is 4.65. The molecule has 0 aromatic heterocycles. The summed E-state index contributed by atoms with van der Waals surface area (Å²) in [6.45, 7) is 5.75. The maximum absolute atomic E-state index is 10.7. The minimum absolute atomic E-state index is 0.197. The zero-order valence-corrected chi connectivity index (χ0v) is 11.1. The van der Waals surface area contributed by atoms with Gasteiger partial charge in [0.1, 0.15) is 0 Å². The molecule has 0 aliphatic carbocycles.